The van der Waals surface area contributed by atoms with Gasteiger partial charge < -0.3 is 14.9 Å². The van der Waals surface area contributed by atoms with E-state index in [1.807, 2.05) is 42.5 Å². The van der Waals surface area contributed by atoms with Crippen LogP contribution >= 0.6 is 23.5 Å². The van der Waals surface area contributed by atoms with Gasteiger partial charge in [0.15, 0.2) is 20.5 Å². The van der Waals surface area contributed by atoms with Crippen LogP contribution in [0.1, 0.15) is 15.9 Å². The molecule has 0 bridgehead atoms. The Labute approximate surface area is 262 Å². The Morgan fingerprint density at radius 2 is 1.30 bits per heavy atom. The van der Waals surface area contributed by atoms with Crippen molar-refractivity contribution in [2.75, 3.05) is 25.6 Å². The Morgan fingerprint density at radius 3 is 1.88 bits per heavy atom. The van der Waals surface area contributed by atoms with Gasteiger partial charge in [-0.3, -0.25) is 4.79 Å². The van der Waals surface area contributed by atoms with E-state index in [2.05, 4.69) is 36.4 Å². The molecule has 4 nitrogen and oxygen atoms in total. The SMILES string of the molecule is O=C(c1ccccc1)c1ccc(Sc2ccc([S+](c3ccc(OCCO)cc3)c3ccc(SCCO)cc3)cc2)c(F)c1. The zero-order valence-corrected chi connectivity index (χ0v) is 25.6. The van der Waals surface area contributed by atoms with Crippen LogP contribution in [0.3, 0.4) is 0 Å². The smallest absolute Gasteiger partial charge is 0.193 e. The third-order valence-electron chi connectivity index (χ3n) is 6.36. The van der Waals surface area contributed by atoms with Crippen LogP contribution in [0.25, 0.3) is 0 Å². The minimum atomic E-state index is -0.432. The van der Waals surface area contributed by atoms with Gasteiger partial charge in [-0.15, -0.1) is 11.8 Å². The summed E-state index contributed by atoms with van der Waals surface area (Å²) in [5, 5.41) is 18.2. The number of carbonyl (C=O) groups is 1. The standard InChI is InChI=1S/C35H30FO4S3/c36-33-24-26(35(39)25-4-2-1-3-5-25)6-19-34(33)42-29-11-17-32(18-12-29)43(30-13-7-27(8-14-30)40-22-20-37)31-15-9-28(10-16-31)41-23-21-38/h1-19,24,37-38H,20-23H2/q+1. The van der Waals surface area contributed by atoms with Crippen LogP contribution in [0.2, 0.25) is 0 Å². The number of thioether (sulfide) groups is 1. The quantitative estimate of drug-likeness (QED) is 0.0789. The van der Waals surface area contributed by atoms with Crippen LogP contribution in [0.15, 0.2) is 151 Å². The summed E-state index contributed by atoms with van der Waals surface area (Å²) >= 11 is 2.93. The van der Waals surface area contributed by atoms with E-state index < -0.39 is 16.7 Å². The van der Waals surface area contributed by atoms with Crippen molar-refractivity contribution in [1.82, 2.24) is 0 Å². The maximum Gasteiger partial charge on any atom is 0.193 e. The molecule has 8 heteroatoms. The molecule has 0 aliphatic heterocycles. The molecular formula is C35H30FO4S3+. The lowest BCUT2D eigenvalue weighted by Gasteiger charge is -2.11. The largest absolute Gasteiger partial charge is 0.491 e. The normalized spacial score (nSPS) is 11.7. The topological polar surface area (TPSA) is 66.8 Å². The number of ether oxygens (including phenoxy) is 1. The lowest BCUT2D eigenvalue weighted by Crippen LogP contribution is -2.06. The highest BCUT2D eigenvalue weighted by Gasteiger charge is 2.29. The van der Waals surface area contributed by atoms with Gasteiger partial charge >= 0.3 is 0 Å². The Hall–Kier alpha value is -3.53. The molecule has 1 atom stereocenters. The van der Waals surface area contributed by atoms with E-state index in [0.29, 0.717) is 27.5 Å². The Morgan fingerprint density at radius 1 is 0.698 bits per heavy atom. The van der Waals surface area contributed by atoms with Crippen LogP contribution in [0.5, 0.6) is 5.75 Å². The van der Waals surface area contributed by atoms with Crippen molar-refractivity contribution in [1.29, 1.82) is 0 Å². The predicted octanol–water partition coefficient (Wildman–Crippen LogP) is 7.76. The molecule has 0 spiro atoms. The van der Waals surface area contributed by atoms with Crippen LogP contribution < -0.4 is 4.74 Å². The molecule has 0 aliphatic carbocycles. The number of aliphatic hydroxyl groups excluding tert-OH is 2. The number of halogens is 1. The van der Waals surface area contributed by atoms with Gasteiger partial charge in [0, 0.05) is 31.6 Å². The first-order valence-corrected chi connectivity index (χ1v) is 16.7. The number of rotatable bonds is 13. The van der Waals surface area contributed by atoms with Crippen molar-refractivity contribution in [3.8, 4) is 5.75 Å². The molecule has 0 radical (unpaired) electrons. The van der Waals surface area contributed by atoms with Gasteiger partial charge in [0.05, 0.1) is 24.1 Å². The lowest BCUT2D eigenvalue weighted by atomic mass is 10.0. The Bertz CT molecular complexity index is 1580. The molecule has 218 valence electrons. The van der Waals surface area contributed by atoms with E-state index in [0.717, 1.165) is 24.5 Å². The first kappa shape index (κ1) is 30.9. The van der Waals surface area contributed by atoms with Crippen LogP contribution in [-0.4, -0.2) is 41.6 Å². The molecule has 43 heavy (non-hydrogen) atoms. The number of benzene rings is 5. The van der Waals surface area contributed by atoms with Gasteiger partial charge in [-0.25, -0.2) is 4.39 Å². The highest BCUT2D eigenvalue weighted by molar-refractivity contribution is 7.99. The van der Waals surface area contributed by atoms with Gasteiger partial charge in [-0.1, -0.05) is 42.1 Å². The van der Waals surface area contributed by atoms with Crippen LogP contribution in [-0.2, 0) is 10.9 Å². The first-order valence-electron chi connectivity index (χ1n) is 13.6. The number of hydrogen-bond donors (Lipinski definition) is 2. The zero-order valence-electron chi connectivity index (χ0n) is 23.2. The molecule has 5 aromatic rings. The van der Waals surface area contributed by atoms with E-state index in [1.54, 1.807) is 48.2 Å². The fourth-order valence-electron chi connectivity index (χ4n) is 4.33. The molecule has 0 amide bonds. The number of hydrogen-bond acceptors (Lipinski definition) is 6. The summed E-state index contributed by atoms with van der Waals surface area (Å²) in [5.41, 5.74) is 0.847. The van der Waals surface area contributed by atoms with Crippen LogP contribution in [0, 0.1) is 5.82 Å². The number of carbonyl (C=O) groups excluding carboxylic acids is 1. The van der Waals surface area contributed by atoms with Gasteiger partial charge in [0.1, 0.15) is 18.2 Å². The van der Waals surface area contributed by atoms with E-state index in [1.165, 1.54) is 17.8 Å². The summed E-state index contributed by atoms with van der Waals surface area (Å²) < 4.78 is 20.6. The highest BCUT2D eigenvalue weighted by atomic mass is 32.2. The Balaban J connectivity index is 1.37. The average molecular weight is 630 g/mol. The molecular weight excluding hydrogens is 600 g/mol. The van der Waals surface area contributed by atoms with Crippen molar-refractivity contribution in [2.24, 2.45) is 0 Å². The summed E-state index contributed by atoms with van der Waals surface area (Å²) in [6.07, 6.45) is 0. The van der Waals surface area contributed by atoms with E-state index in [-0.39, 0.29) is 25.6 Å². The Kier molecular flexibility index (Phi) is 11.0. The predicted molar refractivity (Wildman–Crippen MR) is 172 cm³/mol. The molecule has 0 saturated heterocycles. The molecule has 5 rings (SSSR count). The van der Waals surface area contributed by atoms with Gasteiger partial charge in [0.2, 0.25) is 0 Å². The maximum absolute atomic E-state index is 15.1. The molecule has 0 fully saturated rings. The fraction of sp³-hybridized carbons (Fsp3) is 0.114. The van der Waals surface area contributed by atoms with E-state index >= 15 is 4.39 Å². The van der Waals surface area contributed by atoms with Crippen molar-refractivity contribution in [2.45, 2.75) is 29.4 Å². The molecule has 0 saturated carbocycles. The summed E-state index contributed by atoms with van der Waals surface area (Å²) in [5.74, 6) is 0.702. The minimum Gasteiger partial charge on any atom is -0.491 e. The molecule has 2 N–H and O–H groups in total. The lowest BCUT2D eigenvalue weighted by molar-refractivity contribution is 0.103. The molecule has 0 aromatic heterocycles. The summed E-state index contributed by atoms with van der Waals surface area (Å²) in [7, 11) is -0.413. The molecule has 0 heterocycles. The molecule has 5 aromatic carbocycles. The van der Waals surface area contributed by atoms with Crippen molar-refractivity contribution in [3.63, 3.8) is 0 Å². The molecule has 1 unspecified atom stereocenters. The summed E-state index contributed by atoms with van der Waals surface area (Å²) in [4.78, 5) is 18.5. The van der Waals surface area contributed by atoms with Gasteiger partial charge in [-0.2, -0.15) is 0 Å². The highest BCUT2D eigenvalue weighted by Crippen LogP contribution is 2.36. The van der Waals surface area contributed by atoms with Gasteiger partial charge in [-0.05, 0) is 91.0 Å². The van der Waals surface area contributed by atoms with E-state index in [4.69, 9.17) is 9.84 Å². The van der Waals surface area contributed by atoms with E-state index in [9.17, 15) is 9.90 Å². The third-order valence-corrected chi connectivity index (χ3v) is 10.6. The first-order chi connectivity index (χ1) is 21.1. The van der Waals surface area contributed by atoms with Crippen LogP contribution in [0.4, 0.5) is 4.39 Å². The average Bonchev–Trinajstić information content (AvgIpc) is 3.06. The zero-order chi connectivity index (χ0) is 30.0. The van der Waals surface area contributed by atoms with Gasteiger partial charge in [0.25, 0.3) is 0 Å². The molecule has 0 aliphatic rings. The third kappa shape index (κ3) is 8.10. The monoisotopic (exact) mass is 629 g/mol. The summed E-state index contributed by atoms with van der Waals surface area (Å²) in [6.45, 7) is 0.326. The number of aliphatic hydroxyl groups is 2. The second-order valence-electron chi connectivity index (χ2n) is 9.31. The van der Waals surface area contributed by atoms with Crippen molar-refractivity contribution in [3.05, 3.63) is 138 Å². The van der Waals surface area contributed by atoms with Crippen molar-refractivity contribution >= 4 is 40.2 Å². The maximum atomic E-state index is 15.1. The summed E-state index contributed by atoms with van der Waals surface area (Å²) in [6, 6.07) is 37.9. The minimum absolute atomic E-state index is 0.0447. The number of ketones is 1. The fourth-order valence-corrected chi connectivity index (χ4v) is 7.85. The second kappa shape index (κ2) is 15.3. The van der Waals surface area contributed by atoms with Crippen molar-refractivity contribution < 1.29 is 24.1 Å². The second-order valence-corrected chi connectivity index (χ2v) is 13.6.